The lowest BCUT2D eigenvalue weighted by Crippen LogP contribution is -2.39. The molecule has 0 radical (unpaired) electrons. The third-order valence-electron chi connectivity index (χ3n) is 2.68. The van der Waals surface area contributed by atoms with Crippen molar-refractivity contribution in [3.63, 3.8) is 0 Å². The molecule has 2 aromatic heterocycles. The highest BCUT2D eigenvalue weighted by molar-refractivity contribution is 7.98. The summed E-state index contributed by atoms with van der Waals surface area (Å²) in [4.78, 5) is 4.49. The van der Waals surface area contributed by atoms with Crippen LogP contribution in [0.1, 0.15) is 12.6 Å². The molecule has 2 heterocycles. The number of fused-ring (bicyclic) bond motifs is 1. The Morgan fingerprint density at radius 3 is 3.06 bits per heavy atom. The molecular formula is C13H19N3OS. The highest BCUT2D eigenvalue weighted by Gasteiger charge is 2.18. The molecule has 2 N–H and O–H groups in total. The highest BCUT2D eigenvalue weighted by atomic mass is 32.2. The Morgan fingerprint density at radius 2 is 2.33 bits per heavy atom. The lowest BCUT2D eigenvalue weighted by atomic mass is 10.1. The fourth-order valence-electron chi connectivity index (χ4n) is 1.89. The Hall–Kier alpha value is -1.04. The van der Waals surface area contributed by atoms with Crippen LogP contribution in [0.3, 0.4) is 0 Å². The molecule has 0 saturated heterocycles. The van der Waals surface area contributed by atoms with Gasteiger partial charge in [-0.1, -0.05) is 6.07 Å². The van der Waals surface area contributed by atoms with Crippen LogP contribution >= 0.6 is 11.8 Å². The fraction of sp³-hybridized carbons (Fsp3) is 0.462. The summed E-state index contributed by atoms with van der Waals surface area (Å²) in [5.41, 5.74) is 1.27. The minimum atomic E-state index is -0.668. The van der Waals surface area contributed by atoms with Gasteiger partial charge in [0.15, 0.2) is 0 Å². The van der Waals surface area contributed by atoms with Crippen LogP contribution in [0.25, 0.3) is 5.65 Å². The van der Waals surface area contributed by atoms with Crippen molar-refractivity contribution in [1.82, 2.24) is 14.7 Å². The molecule has 0 spiro atoms. The summed E-state index contributed by atoms with van der Waals surface area (Å²) in [7, 11) is 0. The molecule has 0 amide bonds. The van der Waals surface area contributed by atoms with E-state index in [1.165, 1.54) is 0 Å². The van der Waals surface area contributed by atoms with Gasteiger partial charge in [-0.2, -0.15) is 11.8 Å². The summed E-state index contributed by atoms with van der Waals surface area (Å²) >= 11 is 1.65. The number of hydrogen-bond donors (Lipinski definition) is 2. The largest absolute Gasteiger partial charge is 0.388 e. The number of rotatable bonds is 6. The quantitative estimate of drug-likeness (QED) is 0.832. The van der Waals surface area contributed by atoms with E-state index in [1.54, 1.807) is 11.8 Å². The van der Waals surface area contributed by atoms with Crippen molar-refractivity contribution < 1.29 is 5.11 Å². The Morgan fingerprint density at radius 1 is 1.50 bits per heavy atom. The maximum atomic E-state index is 10.0. The molecule has 4 nitrogen and oxygen atoms in total. The average Bonchev–Trinajstić information content (AvgIpc) is 2.71. The second kappa shape index (κ2) is 5.73. The second-order valence-corrected chi connectivity index (χ2v) is 5.60. The second-order valence-electron chi connectivity index (χ2n) is 4.73. The SMILES string of the molecule is CSCC(C)(O)CNCc1cn2ccccc2n1. The van der Waals surface area contributed by atoms with Crippen molar-refractivity contribution in [2.75, 3.05) is 18.6 Å². The molecule has 1 atom stereocenters. The van der Waals surface area contributed by atoms with Crippen molar-refractivity contribution >= 4 is 17.4 Å². The molecule has 18 heavy (non-hydrogen) atoms. The molecule has 5 heteroatoms. The Balaban J connectivity index is 1.90. The molecule has 0 aliphatic rings. The molecule has 0 aliphatic heterocycles. The topological polar surface area (TPSA) is 49.6 Å². The van der Waals surface area contributed by atoms with E-state index in [2.05, 4.69) is 10.3 Å². The smallest absolute Gasteiger partial charge is 0.137 e. The van der Waals surface area contributed by atoms with Gasteiger partial charge >= 0.3 is 0 Å². The minimum absolute atomic E-state index is 0.571. The first-order valence-electron chi connectivity index (χ1n) is 5.95. The highest BCUT2D eigenvalue weighted by Crippen LogP contribution is 2.09. The molecule has 0 aliphatic carbocycles. The molecule has 0 fully saturated rings. The maximum Gasteiger partial charge on any atom is 0.137 e. The average molecular weight is 265 g/mol. The number of nitrogens with one attached hydrogen (secondary N) is 1. The van der Waals surface area contributed by atoms with Crippen LogP contribution < -0.4 is 5.32 Å². The van der Waals surface area contributed by atoms with Crippen molar-refractivity contribution in [3.05, 3.63) is 36.3 Å². The van der Waals surface area contributed by atoms with Crippen molar-refractivity contribution in [1.29, 1.82) is 0 Å². The van der Waals surface area contributed by atoms with Crippen LogP contribution in [0.15, 0.2) is 30.6 Å². The van der Waals surface area contributed by atoms with Crippen LogP contribution in [0.4, 0.5) is 0 Å². The van der Waals surface area contributed by atoms with Crippen molar-refractivity contribution in [2.45, 2.75) is 19.1 Å². The van der Waals surface area contributed by atoms with Gasteiger partial charge in [-0.15, -0.1) is 0 Å². The zero-order chi connectivity index (χ0) is 13.0. The summed E-state index contributed by atoms with van der Waals surface area (Å²) in [6, 6.07) is 5.94. The van der Waals surface area contributed by atoms with Gasteiger partial charge in [0.05, 0.1) is 11.3 Å². The summed E-state index contributed by atoms with van der Waals surface area (Å²) in [6.45, 7) is 3.09. The third-order valence-corrected chi connectivity index (χ3v) is 3.59. The fourth-order valence-corrected chi connectivity index (χ4v) is 2.62. The Kier molecular flexibility index (Phi) is 4.27. The molecule has 2 aromatic rings. The normalized spacial score (nSPS) is 14.8. The van der Waals surface area contributed by atoms with E-state index in [-0.39, 0.29) is 0 Å². The van der Waals surface area contributed by atoms with E-state index in [0.29, 0.717) is 13.1 Å². The zero-order valence-corrected chi connectivity index (χ0v) is 11.6. The lowest BCUT2D eigenvalue weighted by molar-refractivity contribution is 0.0845. The van der Waals surface area contributed by atoms with Gasteiger partial charge in [-0.25, -0.2) is 4.98 Å². The first-order valence-corrected chi connectivity index (χ1v) is 7.35. The van der Waals surface area contributed by atoms with Gasteiger partial charge < -0.3 is 14.8 Å². The monoisotopic (exact) mass is 265 g/mol. The van der Waals surface area contributed by atoms with Gasteiger partial charge in [0.25, 0.3) is 0 Å². The van der Waals surface area contributed by atoms with Gasteiger partial charge in [0.1, 0.15) is 5.65 Å². The van der Waals surface area contributed by atoms with E-state index in [0.717, 1.165) is 17.1 Å². The van der Waals surface area contributed by atoms with E-state index in [4.69, 9.17) is 0 Å². The van der Waals surface area contributed by atoms with Crippen LogP contribution in [0, 0.1) is 0 Å². The predicted molar refractivity (Wildman–Crippen MR) is 75.9 cm³/mol. The Bertz CT molecular complexity index is 477. The molecule has 0 aromatic carbocycles. The standard InChI is InChI=1S/C13H19N3OS/c1-13(17,10-18-2)9-14-7-11-8-16-6-4-3-5-12(16)15-11/h3-6,8,14,17H,7,9-10H2,1-2H3. The van der Waals surface area contributed by atoms with E-state index in [9.17, 15) is 5.11 Å². The van der Waals surface area contributed by atoms with Crippen LogP contribution in [0.2, 0.25) is 0 Å². The molecule has 1 unspecified atom stereocenters. The number of hydrogen-bond acceptors (Lipinski definition) is 4. The van der Waals surface area contributed by atoms with E-state index < -0.39 is 5.60 Å². The first-order chi connectivity index (χ1) is 8.61. The molecule has 98 valence electrons. The Labute approximate surface area is 111 Å². The third kappa shape index (κ3) is 3.48. The van der Waals surface area contributed by atoms with E-state index in [1.807, 2.05) is 48.2 Å². The number of nitrogens with zero attached hydrogens (tertiary/aromatic N) is 2. The summed E-state index contributed by atoms with van der Waals surface area (Å²) < 4.78 is 2.00. The minimum Gasteiger partial charge on any atom is -0.388 e. The van der Waals surface area contributed by atoms with Gasteiger partial charge in [0, 0.05) is 31.2 Å². The molecule has 0 bridgehead atoms. The zero-order valence-electron chi connectivity index (χ0n) is 10.8. The molecule has 2 rings (SSSR count). The maximum absolute atomic E-state index is 10.0. The summed E-state index contributed by atoms with van der Waals surface area (Å²) in [5, 5.41) is 13.3. The number of imidazole rings is 1. The van der Waals surface area contributed by atoms with Crippen LogP contribution in [-0.4, -0.2) is 38.6 Å². The number of aliphatic hydroxyl groups is 1. The van der Waals surface area contributed by atoms with Gasteiger partial charge in [-0.3, -0.25) is 0 Å². The van der Waals surface area contributed by atoms with Crippen molar-refractivity contribution in [2.24, 2.45) is 0 Å². The molecule has 0 saturated carbocycles. The molecular weight excluding hydrogens is 246 g/mol. The van der Waals surface area contributed by atoms with Crippen molar-refractivity contribution in [3.8, 4) is 0 Å². The summed E-state index contributed by atoms with van der Waals surface area (Å²) in [6.07, 6.45) is 5.98. The number of aromatic nitrogens is 2. The van der Waals surface area contributed by atoms with E-state index >= 15 is 0 Å². The first kappa shape index (κ1) is 13.4. The van der Waals surface area contributed by atoms with Crippen LogP contribution in [0.5, 0.6) is 0 Å². The van der Waals surface area contributed by atoms with Gasteiger partial charge in [0.2, 0.25) is 0 Å². The lowest BCUT2D eigenvalue weighted by Gasteiger charge is -2.22. The number of thioether (sulfide) groups is 1. The van der Waals surface area contributed by atoms with Crippen LogP contribution in [-0.2, 0) is 6.54 Å². The summed E-state index contributed by atoms with van der Waals surface area (Å²) in [5.74, 6) is 0.727. The number of pyridine rings is 1. The van der Waals surface area contributed by atoms with Gasteiger partial charge in [-0.05, 0) is 25.3 Å². The predicted octanol–water partition coefficient (Wildman–Crippen LogP) is 1.54.